The molecular formula is C13H19ClKNO3. The maximum Gasteiger partial charge on any atom is 1.00 e. The van der Waals surface area contributed by atoms with E-state index in [1.165, 1.54) is 6.08 Å². The summed E-state index contributed by atoms with van der Waals surface area (Å²) in [6.45, 7) is 3.97. The van der Waals surface area contributed by atoms with Crippen molar-refractivity contribution in [2.24, 2.45) is 11.3 Å². The number of hydrogen-bond donors (Lipinski definition) is 1. The van der Waals surface area contributed by atoms with Crippen LogP contribution in [0.5, 0.6) is 0 Å². The number of carboxylic acids is 1. The molecule has 0 spiro atoms. The van der Waals surface area contributed by atoms with Gasteiger partial charge in [-0.1, -0.05) is 19.9 Å². The molecule has 0 saturated heterocycles. The third kappa shape index (κ3) is 6.73. The van der Waals surface area contributed by atoms with Gasteiger partial charge in [-0.25, -0.2) is 0 Å². The van der Waals surface area contributed by atoms with Crippen molar-refractivity contribution in [1.29, 1.82) is 0 Å². The van der Waals surface area contributed by atoms with E-state index in [9.17, 15) is 14.7 Å². The molecule has 0 aliphatic heterocycles. The van der Waals surface area contributed by atoms with Gasteiger partial charge in [0.1, 0.15) is 0 Å². The van der Waals surface area contributed by atoms with Crippen LogP contribution in [0.3, 0.4) is 0 Å². The molecule has 1 amide bonds. The van der Waals surface area contributed by atoms with E-state index in [4.69, 9.17) is 11.6 Å². The average Bonchev–Trinajstić information content (AvgIpc) is 2.92. The maximum absolute atomic E-state index is 11.8. The first-order valence-electron chi connectivity index (χ1n) is 6.17. The van der Waals surface area contributed by atoms with E-state index in [0.717, 1.165) is 19.3 Å². The van der Waals surface area contributed by atoms with Gasteiger partial charge >= 0.3 is 51.4 Å². The van der Waals surface area contributed by atoms with Crippen LogP contribution in [0.15, 0.2) is 11.8 Å². The number of halogens is 1. The normalized spacial score (nSPS) is 20.4. The van der Waals surface area contributed by atoms with E-state index in [2.05, 4.69) is 5.32 Å². The summed E-state index contributed by atoms with van der Waals surface area (Å²) in [6, 6.07) is 0. The molecule has 4 nitrogen and oxygen atoms in total. The molecule has 1 aliphatic rings. The average molecular weight is 312 g/mol. The molecular weight excluding hydrogens is 293 g/mol. The molecule has 102 valence electrons. The molecule has 0 aromatic heterocycles. The number of rotatable bonds is 7. The minimum absolute atomic E-state index is 0. The number of amides is 1. The summed E-state index contributed by atoms with van der Waals surface area (Å²) in [6.07, 6.45) is 4.48. The topological polar surface area (TPSA) is 69.2 Å². The van der Waals surface area contributed by atoms with Gasteiger partial charge in [-0.3, -0.25) is 4.79 Å². The van der Waals surface area contributed by atoms with Gasteiger partial charge in [-0.2, -0.15) is 0 Å². The first-order chi connectivity index (χ1) is 8.38. The molecule has 0 unspecified atom stereocenters. The zero-order chi connectivity index (χ0) is 13.8. The second-order valence-corrected chi connectivity index (χ2v) is 5.70. The SMILES string of the molecule is CC1(C)C[C@@H]1C(=O)N/C(=C\CCCCCl)C(=O)[O-].[K+]. The van der Waals surface area contributed by atoms with Gasteiger partial charge in [-0.15, -0.1) is 11.6 Å². The Morgan fingerprint density at radius 2 is 2.00 bits per heavy atom. The van der Waals surface area contributed by atoms with Gasteiger partial charge in [0.2, 0.25) is 5.91 Å². The fraction of sp³-hybridized carbons (Fsp3) is 0.692. The summed E-state index contributed by atoms with van der Waals surface area (Å²) in [7, 11) is 0. The van der Waals surface area contributed by atoms with E-state index in [-0.39, 0.29) is 74.3 Å². The zero-order valence-electron chi connectivity index (χ0n) is 11.8. The number of aliphatic carboxylic acids is 1. The quantitative estimate of drug-likeness (QED) is 0.261. The summed E-state index contributed by atoms with van der Waals surface area (Å²) in [5, 5.41) is 13.3. The number of carboxylic acid groups (broad SMARTS) is 1. The number of allylic oxidation sites excluding steroid dienone is 1. The minimum Gasteiger partial charge on any atom is -0.543 e. The first kappa shape index (κ1) is 19.6. The van der Waals surface area contributed by atoms with Crippen molar-refractivity contribution in [2.75, 3.05) is 5.88 Å². The van der Waals surface area contributed by atoms with Crippen molar-refractivity contribution >= 4 is 23.5 Å². The summed E-state index contributed by atoms with van der Waals surface area (Å²) >= 11 is 5.53. The van der Waals surface area contributed by atoms with Crippen molar-refractivity contribution in [3.8, 4) is 0 Å². The molecule has 1 N–H and O–H groups in total. The van der Waals surface area contributed by atoms with Crippen LogP contribution in [0.1, 0.15) is 39.5 Å². The number of unbranched alkanes of at least 4 members (excludes halogenated alkanes) is 2. The number of carbonyl (C=O) groups is 2. The van der Waals surface area contributed by atoms with Gasteiger partial charge in [0.25, 0.3) is 0 Å². The van der Waals surface area contributed by atoms with E-state index >= 15 is 0 Å². The molecule has 6 heteroatoms. The van der Waals surface area contributed by atoms with Crippen LogP contribution < -0.4 is 61.8 Å². The van der Waals surface area contributed by atoms with E-state index < -0.39 is 5.97 Å². The third-order valence-corrected chi connectivity index (χ3v) is 3.51. The Morgan fingerprint density at radius 3 is 2.42 bits per heavy atom. The number of nitrogens with one attached hydrogen (secondary N) is 1. The Morgan fingerprint density at radius 1 is 1.42 bits per heavy atom. The number of hydrogen-bond acceptors (Lipinski definition) is 3. The van der Waals surface area contributed by atoms with Crippen LogP contribution in [-0.4, -0.2) is 17.8 Å². The fourth-order valence-electron chi connectivity index (χ4n) is 1.81. The van der Waals surface area contributed by atoms with Crippen LogP contribution >= 0.6 is 11.6 Å². The molecule has 0 aromatic carbocycles. The van der Waals surface area contributed by atoms with Gasteiger partial charge in [-0.05, 0) is 31.1 Å². The first-order valence-corrected chi connectivity index (χ1v) is 6.70. The molecule has 1 fully saturated rings. The predicted octanol–water partition coefficient (Wildman–Crippen LogP) is -1.80. The standard InChI is InChI=1S/C13H20ClNO3.K/c1-13(2)8-9(13)11(16)15-10(12(17)18)6-4-3-5-7-14;/h6,9H,3-5,7-8H2,1-2H3,(H,15,16)(H,17,18);/q;+1/p-1/b10-6-;/t9-;/m1./s1. The van der Waals surface area contributed by atoms with E-state index in [1.54, 1.807) is 0 Å². The molecule has 1 saturated carbocycles. The van der Waals surface area contributed by atoms with Crippen LogP contribution in [0.25, 0.3) is 0 Å². The number of alkyl halides is 1. The molecule has 0 aromatic rings. The molecule has 1 atom stereocenters. The van der Waals surface area contributed by atoms with Gasteiger partial charge < -0.3 is 15.2 Å². The summed E-state index contributed by atoms with van der Waals surface area (Å²) < 4.78 is 0. The van der Waals surface area contributed by atoms with Crippen LogP contribution in [0, 0.1) is 11.3 Å². The third-order valence-electron chi connectivity index (χ3n) is 3.24. The molecule has 1 aliphatic carbocycles. The Bertz CT molecular complexity index is 369. The molecule has 19 heavy (non-hydrogen) atoms. The maximum atomic E-state index is 11.8. The predicted molar refractivity (Wildman–Crippen MR) is 67.7 cm³/mol. The summed E-state index contributed by atoms with van der Waals surface area (Å²) in [5.41, 5.74) is -0.142. The second kappa shape index (κ2) is 8.80. The zero-order valence-corrected chi connectivity index (χ0v) is 15.7. The fourth-order valence-corrected chi connectivity index (χ4v) is 1.99. The Balaban J connectivity index is 0.00000324. The largest absolute Gasteiger partial charge is 1.00 e. The van der Waals surface area contributed by atoms with Gasteiger partial charge in [0.15, 0.2) is 0 Å². The van der Waals surface area contributed by atoms with Crippen molar-refractivity contribution in [3.05, 3.63) is 11.8 Å². The molecule has 0 heterocycles. The molecule has 0 radical (unpaired) electrons. The van der Waals surface area contributed by atoms with Crippen LogP contribution in [0.2, 0.25) is 0 Å². The minimum atomic E-state index is -1.34. The smallest absolute Gasteiger partial charge is 0.543 e. The van der Waals surface area contributed by atoms with E-state index in [1.807, 2.05) is 13.8 Å². The van der Waals surface area contributed by atoms with Crippen molar-refractivity contribution in [1.82, 2.24) is 5.32 Å². The summed E-state index contributed by atoms with van der Waals surface area (Å²) in [4.78, 5) is 22.6. The van der Waals surface area contributed by atoms with Crippen molar-refractivity contribution in [2.45, 2.75) is 39.5 Å². The van der Waals surface area contributed by atoms with Crippen molar-refractivity contribution in [3.63, 3.8) is 0 Å². The second-order valence-electron chi connectivity index (χ2n) is 5.32. The molecule has 0 bridgehead atoms. The van der Waals surface area contributed by atoms with E-state index in [0.29, 0.717) is 12.3 Å². The van der Waals surface area contributed by atoms with Gasteiger partial charge in [0, 0.05) is 11.8 Å². The summed E-state index contributed by atoms with van der Waals surface area (Å²) in [5.74, 6) is -1.11. The van der Waals surface area contributed by atoms with Crippen LogP contribution in [0.4, 0.5) is 0 Å². The van der Waals surface area contributed by atoms with Crippen molar-refractivity contribution < 1.29 is 66.1 Å². The Hall–Kier alpha value is 0.606. The Kier molecular flexibility index (Phi) is 9.08. The monoisotopic (exact) mass is 311 g/mol. The Labute approximate surface area is 161 Å². The van der Waals surface area contributed by atoms with Crippen LogP contribution in [-0.2, 0) is 9.59 Å². The molecule has 1 rings (SSSR count). The van der Waals surface area contributed by atoms with Gasteiger partial charge in [0.05, 0.1) is 11.7 Å². The number of carbonyl (C=O) groups excluding carboxylic acids is 2.